The van der Waals surface area contributed by atoms with E-state index in [-0.39, 0.29) is 0 Å². The van der Waals surface area contributed by atoms with Gasteiger partial charge in [0.05, 0.1) is 0 Å². The second-order valence-corrected chi connectivity index (χ2v) is 3.46. The molecule has 0 nitrogen and oxygen atoms in total. The van der Waals surface area contributed by atoms with E-state index in [1.54, 1.807) is 0 Å². The van der Waals surface area contributed by atoms with E-state index in [2.05, 4.69) is 49.9 Å². The van der Waals surface area contributed by atoms with Gasteiger partial charge < -0.3 is 0 Å². The van der Waals surface area contributed by atoms with Crippen molar-refractivity contribution in [2.24, 2.45) is 0 Å². The quantitative estimate of drug-likeness (QED) is 0.657. The predicted molar refractivity (Wildman–Crippen MR) is 63.4 cm³/mol. The van der Waals surface area contributed by atoms with E-state index in [9.17, 15) is 0 Å². The van der Waals surface area contributed by atoms with Gasteiger partial charge >= 0.3 is 0 Å². The molecule has 2 rings (SSSR count). The van der Waals surface area contributed by atoms with Crippen molar-refractivity contribution >= 4 is 16.8 Å². The van der Waals surface area contributed by atoms with Gasteiger partial charge in [-0.05, 0) is 34.4 Å². The lowest BCUT2D eigenvalue weighted by molar-refractivity contribution is 1.16. The van der Waals surface area contributed by atoms with Gasteiger partial charge in [-0.2, -0.15) is 0 Å². The Kier molecular flexibility index (Phi) is 2.36. The van der Waals surface area contributed by atoms with Crippen molar-refractivity contribution in [3.63, 3.8) is 0 Å². The van der Waals surface area contributed by atoms with E-state index in [0.717, 1.165) is 6.42 Å². The SMILES string of the molecule is C=Cc1ccc2c(CC)cccc2c1. The lowest BCUT2D eigenvalue weighted by atomic mass is 10.0. The summed E-state index contributed by atoms with van der Waals surface area (Å²) in [6.07, 6.45) is 2.98. The molecule has 0 fully saturated rings. The number of hydrogen-bond acceptors (Lipinski definition) is 0. The van der Waals surface area contributed by atoms with Crippen LogP contribution >= 0.6 is 0 Å². The van der Waals surface area contributed by atoms with Crippen molar-refractivity contribution in [2.45, 2.75) is 13.3 Å². The maximum absolute atomic E-state index is 3.78. The molecule has 0 spiro atoms. The third kappa shape index (κ3) is 1.44. The average Bonchev–Trinajstić information content (AvgIpc) is 2.27. The molecule has 0 unspecified atom stereocenters. The third-order valence-electron chi connectivity index (χ3n) is 2.61. The molecular weight excluding hydrogens is 168 g/mol. The fraction of sp³-hybridized carbons (Fsp3) is 0.143. The minimum absolute atomic E-state index is 1.09. The normalized spacial score (nSPS) is 10.4. The van der Waals surface area contributed by atoms with E-state index in [0.29, 0.717) is 0 Å². The van der Waals surface area contributed by atoms with Crippen LogP contribution in [0, 0.1) is 0 Å². The Morgan fingerprint density at radius 1 is 1.21 bits per heavy atom. The highest BCUT2D eigenvalue weighted by molar-refractivity contribution is 5.87. The summed E-state index contributed by atoms with van der Waals surface area (Å²) in [4.78, 5) is 0. The maximum atomic E-state index is 3.78. The maximum Gasteiger partial charge on any atom is -0.0152 e. The average molecular weight is 182 g/mol. The molecule has 0 N–H and O–H groups in total. The van der Waals surface area contributed by atoms with Crippen LogP contribution in [0.5, 0.6) is 0 Å². The van der Waals surface area contributed by atoms with Crippen molar-refractivity contribution in [3.8, 4) is 0 Å². The first kappa shape index (κ1) is 9.01. The molecule has 0 heteroatoms. The molecule has 0 aliphatic heterocycles. The van der Waals surface area contributed by atoms with Crippen molar-refractivity contribution in [1.29, 1.82) is 0 Å². The number of benzene rings is 2. The zero-order valence-electron chi connectivity index (χ0n) is 8.46. The number of fused-ring (bicyclic) bond motifs is 1. The Labute approximate surface area is 84.9 Å². The first-order chi connectivity index (χ1) is 6.85. The minimum atomic E-state index is 1.09. The molecule has 0 aliphatic rings. The lowest BCUT2D eigenvalue weighted by Crippen LogP contribution is -1.83. The molecule has 70 valence electrons. The van der Waals surface area contributed by atoms with Crippen LogP contribution in [0.3, 0.4) is 0 Å². The van der Waals surface area contributed by atoms with Crippen molar-refractivity contribution in [3.05, 3.63) is 54.1 Å². The summed E-state index contributed by atoms with van der Waals surface area (Å²) < 4.78 is 0. The molecule has 0 bridgehead atoms. The molecule has 0 heterocycles. The minimum Gasteiger partial charge on any atom is -0.0985 e. The van der Waals surface area contributed by atoms with Crippen LogP contribution in [-0.2, 0) is 6.42 Å². The largest absolute Gasteiger partial charge is 0.0985 e. The molecule has 2 aromatic rings. The summed E-state index contributed by atoms with van der Waals surface area (Å²) in [5.41, 5.74) is 2.60. The highest BCUT2D eigenvalue weighted by atomic mass is 14.0. The first-order valence-electron chi connectivity index (χ1n) is 4.99. The van der Waals surface area contributed by atoms with E-state index in [1.807, 2.05) is 6.08 Å². The van der Waals surface area contributed by atoms with E-state index < -0.39 is 0 Å². The molecule has 2 aromatic carbocycles. The summed E-state index contributed by atoms with van der Waals surface area (Å²) in [7, 11) is 0. The summed E-state index contributed by atoms with van der Waals surface area (Å²) in [5.74, 6) is 0. The van der Waals surface area contributed by atoms with Crippen LogP contribution in [0.1, 0.15) is 18.1 Å². The number of rotatable bonds is 2. The van der Waals surface area contributed by atoms with Gasteiger partial charge in [0.1, 0.15) is 0 Å². The van der Waals surface area contributed by atoms with E-state index >= 15 is 0 Å². The molecule has 0 aliphatic carbocycles. The van der Waals surface area contributed by atoms with Crippen LogP contribution < -0.4 is 0 Å². The molecule has 0 radical (unpaired) electrons. The molecule has 14 heavy (non-hydrogen) atoms. The summed E-state index contributed by atoms with van der Waals surface area (Å²) in [5, 5.41) is 2.67. The second-order valence-electron chi connectivity index (χ2n) is 3.46. The highest BCUT2D eigenvalue weighted by Crippen LogP contribution is 2.21. The van der Waals surface area contributed by atoms with Crippen LogP contribution in [0.25, 0.3) is 16.8 Å². The van der Waals surface area contributed by atoms with Crippen LogP contribution in [0.4, 0.5) is 0 Å². The predicted octanol–water partition coefficient (Wildman–Crippen LogP) is 4.05. The molecule has 0 saturated carbocycles. The van der Waals surface area contributed by atoms with E-state index in [4.69, 9.17) is 0 Å². The first-order valence-corrected chi connectivity index (χ1v) is 4.99. The van der Waals surface area contributed by atoms with Crippen LogP contribution in [0.2, 0.25) is 0 Å². The summed E-state index contributed by atoms with van der Waals surface area (Å²) >= 11 is 0. The molecule has 0 atom stereocenters. The third-order valence-corrected chi connectivity index (χ3v) is 2.61. The number of hydrogen-bond donors (Lipinski definition) is 0. The molecule has 0 amide bonds. The standard InChI is InChI=1S/C14H14/c1-3-11-8-9-14-12(4-2)6-5-7-13(14)10-11/h3,5-10H,1,4H2,2H3. The van der Waals surface area contributed by atoms with E-state index in [1.165, 1.54) is 21.9 Å². The summed E-state index contributed by atoms with van der Waals surface area (Å²) in [6.45, 7) is 5.97. The van der Waals surface area contributed by atoms with Gasteiger partial charge in [-0.15, -0.1) is 0 Å². The van der Waals surface area contributed by atoms with Gasteiger partial charge in [0.2, 0.25) is 0 Å². The monoisotopic (exact) mass is 182 g/mol. The van der Waals surface area contributed by atoms with Gasteiger partial charge in [-0.3, -0.25) is 0 Å². The number of aryl methyl sites for hydroxylation is 1. The molecule has 0 saturated heterocycles. The summed E-state index contributed by atoms with van der Waals surface area (Å²) in [6, 6.07) is 13.0. The zero-order valence-corrected chi connectivity index (χ0v) is 8.46. The Morgan fingerprint density at radius 3 is 2.79 bits per heavy atom. The van der Waals surface area contributed by atoms with Crippen molar-refractivity contribution in [2.75, 3.05) is 0 Å². The van der Waals surface area contributed by atoms with Crippen LogP contribution in [-0.4, -0.2) is 0 Å². The van der Waals surface area contributed by atoms with Gasteiger partial charge in [-0.1, -0.05) is 49.9 Å². The van der Waals surface area contributed by atoms with Crippen LogP contribution in [0.15, 0.2) is 43.0 Å². The Morgan fingerprint density at radius 2 is 2.07 bits per heavy atom. The van der Waals surface area contributed by atoms with Crippen molar-refractivity contribution in [1.82, 2.24) is 0 Å². The fourth-order valence-corrected chi connectivity index (χ4v) is 1.80. The second kappa shape index (κ2) is 3.67. The highest BCUT2D eigenvalue weighted by Gasteiger charge is 1.98. The van der Waals surface area contributed by atoms with Crippen molar-refractivity contribution < 1.29 is 0 Å². The van der Waals surface area contributed by atoms with Gasteiger partial charge in [0, 0.05) is 0 Å². The Hall–Kier alpha value is -1.56. The Bertz CT molecular complexity index is 466. The fourth-order valence-electron chi connectivity index (χ4n) is 1.80. The lowest BCUT2D eigenvalue weighted by Gasteiger charge is -2.04. The smallest absolute Gasteiger partial charge is 0.0152 e. The van der Waals surface area contributed by atoms with Gasteiger partial charge in [0.25, 0.3) is 0 Å². The van der Waals surface area contributed by atoms with Gasteiger partial charge in [-0.25, -0.2) is 0 Å². The topological polar surface area (TPSA) is 0 Å². The van der Waals surface area contributed by atoms with Gasteiger partial charge in [0.15, 0.2) is 0 Å². The molecule has 0 aromatic heterocycles. The molecular formula is C14H14. The zero-order chi connectivity index (χ0) is 9.97. The Balaban J connectivity index is 2.73.